The number of anilines is 1. The van der Waals surface area contributed by atoms with Gasteiger partial charge in [0.15, 0.2) is 16.7 Å². The summed E-state index contributed by atoms with van der Waals surface area (Å²) < 4.78 is 50.8. The molecule has 1 aromatic carbocycles. The molecule has 0 bridgehead atoms. The smallest absolute Gasteiger partial charge is 0.459 e. The molecule has 1 fully saturated rings. The summed E-state index contributed by atoms with van der Waals surface area (Å²) in [6, 6.07) is 7.02. The first-order valence-electron chi connectivity index (χ1n) is 12.5. The number of nitrogens with zero attached hydrogens (tertiary/aromatic N) is 4. The number of carbonyl (C=O) groups is 1. The van der Waals surface area contributed by atoms with Gasteiger partial charge in [0.25, 0.3) is 0 Å². The van der Waals surface area contributed by atoms with Crippen LogP contribution >= 0.6 is 19.3 Å². The van der Waals surface area contributed by atoms with E-state index in [2.05, 4.69) is 31.9 Å². The van der Waals surface area contributed by atoms with Crippen LogP contribution in [0.4, 0.5) is 10.3 Å². The number of esters is 1. The number of halogens is 2. The summed E-state index contributed by atoms with van der Waals surface area (Å²) in [6.45, 7) is 3.19. The average molecular weight is 611 g/mol. The number of aliphatic hydroxyl groups is 1. The summed E-state index contributed by atoms with van der Waals surface area (Å²) in [4.78, 5) is 22.7. The monoisotopic (exact) mass is 610 g/mol. The number of hydrogen-bond donors (Lipinski definition) is 3. The Kier molecular flexibility index (Phi) is 9.48. The molecule has 1 unspecified atom stereocenters. The van der Waals surface area contributed by atoms with Crippen LogP contribution in [0.5, 0.6) is 5.75 Å². The van der Waals surface area contributed by atoms with Crippen molar-refractivity contribution in [2.75, 3.05) is 19.0 Å². The van der Waals surface area contributed by atoms with Crippen molar-refractivity contribution in [2.24, 2.45) is 0 Å². The van der Waals surface area contributed by atoms with Crippen LogP contribution in [0.2, 0.25) is 0 Å². The predicted octanol–water partition coefficient (Wildman–Crippen LogP) is 2.75. The number of ether oxygens (including phenoxy) is 2. The van der Waals surface area contributed by atoms with Gasteiger partial charge in [0.05, 0.1) is 25.2 Å². The van der Waals surface area contributed by atoms with E-state index in [0.717, 1.165) is 0 Å². The van der Waals surface area contributed by atoms with Crippen LogP contribution in [0, 0.1) is 11.8 Å². The van der Waals surface area contributed by atoms with Gasteiger partial charge >= 0.3 is 13.7 Å². The molecule has 0 amide bonds. The molecule has 16 heteroatoms. The van der Waals surface area contributed by atoms with E-state index >= 15 is 0 Å². The molecule has 1 saturated heterocycles. The maximum atomic E-state index is 13.8. The largest absolute Gasteiger partial charge is 0.462 e. The normalized spacial score (nSPS) is 24.4. The molecule has 2 aromatic heterocycles. The molecule has 4 N–H and O–H groups in total. The number of alkyl halides is 2. The summed E-state index contributed by atoms with van der Waals surface area (Å²) in [5.41, 5.74) is 6.30. The lowest BCUT2D eigenvalue weighted by Gasteiger charge is -2.26. The molecule has 220 valence electrons. The van der Waals surface area contributed by atoms with Crippen molar-refractivity contribution in [3.63, 3.8) is 0 Å². The number of imidazole rings is 1. The van der Waals surface area contributed by atoms with Gasteiger partial charge in [0.2, 0.25) is 5.95 Å². The molecule has 41 heavy (non-hydrogen) atoms. The van der Waals surface area contributed by atoms with Gasteiger partial charge in [-0.3, -0.25) is 13.9 Å². The fourth-order valence-corrected chi connectivity index (χ4v) is 5.84. The van der Waals surface area contributed by atoms with Gasteiger partial charge in [0, 0.05) is 0 Å². The van der Waals surface area contributed by atoms with Crippen LogP contribution in [0.1, 0.15) is 27.0 Å². The number of para-hydroxylation sites is 1. The standard InChI is InChI=1S/C25H29ClFN6O7P/c1-15(2)38-22(35)16(3)32-41(36,40-17-8-5-4-6-9-17)37-13-19-20(34)25(26,10-7-11-27)23(39-19)33-14-30-18-12-29-24(28)31-21(18)33/h4-6,8-9,12,14-16,19-20,23,34H,11,13H2,1-3H3,(H,32,36)(H2,28,29,31)/t16-,19+,20-,23+,25+,41?/m0/s1. The number of aliphatic hydroxyl groups excluding tert-OH is 1. The molecule has 3 heterocycles. The van der Waals surface area contributed by atoms with Crippen LogP contribution in [-0.2, 0) is 23.4 Å². The third-order valence-corrected chi connectivity index (χ3v) is 7.96. The minimum Gasteiger partial charge on any atom is -0.462 e. The second kappa shape index (κ2) is 12.7. The zero-order valence-electron chi connectivity index (χ0n) is 22.3. The molecule has 1 aliphatic rings. The maximum Gasteiger partial charge on any atom is 0.459 e. The van der Waals surface area contributed by atoms with Gasteiger partial charge in [-0.05, 0) is 32.9 Å². The summed E-state index contributed by atoms with van der Waals surface area (Å²) in [6.07, 6.45) is -1.79. The van der Waals surface area contributed by atoms with E-state index in [1.54, 1.807) is 44.2 Å². The Morgan fingerprint density at radius 1 is 1.34 bits per heavy atom. The summed E-state index contributed by atoms with van der Waals surface area (Å²) in [7, 11) is -4.30. The first-order chi connectivity index (χ1) is 19.5. The summed E-state index contributed by atoms with van der Waals surface area (Å²) >= 11 is 6.78. The highest BCUT2D eigenvalue weighted by atomic mass is 35.5. The minimum absolute atomic E-state index is 0.0529. The molecule has 0 saturated carbocycles. The molecule has 1 aliphatic heterocycles. The van der Waals surface area contributed by atoms with E-state index in [1.165, 1.54) is 24.0 Å². The first-order valence-corrected chi connectivity index (χ1v) is 14.4. The third-order valence-electron chi connectivity index (χ3n) is 5.81. The number of benzene rings is 1. The first kappa shape index (κ1) is 30.6. The molecule has 0 radical (unpaired) electrons. The number of rotatable bonds is 10. The van der Waals surface area contributed by atoms with Crippen molar-refractivity contribution in [1.82, 2.24) is 24.6 Å². The predicted molar refractivity (Wildman–Crippen MR) is 146 cm³/mol. The van der Waals surface area contributed by atoms with E-state index < -0.39 is 62.5 Å². The number of nitrogen functional groups attached to an aromatic ring is 1. The number of fused-ring (bicyclic) bond motifs is 1. The van der Waals surface area contributed by atoms with E-state index in [-0.39, 0.29) is 17.3 Å². The van der Waals surface area contributed by atoms with Gasteiger partial charge in [-0.15, -0.1) is 0 Å². The molecular weight excluding hydrogens is 582 g/mol. The van der Waals surface area contributed by atoms with E-state index in [9.17, 15) is 18.9 Å². The second-order valence-electron chi connectivity index (χ2n) is 9.30. The molecule has 3 aromatic rings. The fraction of sp³-hybridized carbons (Fsp3) is 0.440. The summed E-state index contributed by atoms with van der Waals surface area (Å²) in [5, 5.41) is 13.8. The number of nitrogens with two attached hydrogens (primary N) is 1. The van der Waals surface area contributed by atoms with Crippen molar-refractivity contribution in [2.45, 2.75) is 56.2 Å². The fourth-order valence-electron chi connectivity index (χ4n) is 3.98. The lowest BCUT2D eigenvalue weighted by Crippen LogP contribution is -2.42. The lowest BCUT2D eigenvalue weighted by molar-refractivity contribution is -0.149. The zero-order chi connectivity index (χ0) is 29.8. The van der Waals surface area contributed by atoms with Crippen molar-refractivity contribution in [3.05, 3.63) is 42.9 Å². The van der Waals surface area contributed by atoms with Gasteiger partial charge in [-0.25, -0.2) is 18.9 Å². The van der Waals surface area contributed by atoms with Crippen LogP contribution in [0.3, 0.4) is 0 Å². The Labute approximate surface area is 240 Å². The maximum absolute atomic E-state index is 13.8. The third kappa shape index (κ3) is 6.95. The highest BCUT2D eigenvalue weighted by Gasteiger charge is 2.56. The zero-order valence-corrected chi connectivity index (χ0v) is 24.0. The number of carbonyl (C=O) groups excluding carboxylic acids is 1. The van der Waals surface area contributed by atoms with Crippen molar-refractivity contribution in [3.8, 4) is 17.6 Å². The molecule has 4 rings (SSSR count). The average Bonchev–Trinajstić information content (AvgIpc) is 3.44. The highest BCUT2D eigenvalue weighted by Crippen LogP contribution is 2.48. The molecule has 0 aliphatic carbocycles. The SMILES string of the molecule is CC(C)OC(=O)[C@H](C)NP(=O)(OC[C@H]1O[C@@H](n2cnc3cnc(N)nc32)[C@@](Cl)(C#CCF)[C@H]1O)Oc1ccccc1. The van der Waals surface area contributed by atoms with E-state index in [1.807, 2.05) is 0 Å². The van der Waals surface area contributed by atoms with Crippen LogP contribution in [0.25, 0.3) is 11.2 Å². The Morgan fingerprint density at radius 2 is 2.07 bits per heavy atom. The number of aromatic nitrogens is 4. The van der Waals surface area contributed by atoms with Crippen molar-refractivity contribution < 1.29 is 37.4 Å². The number of hydrogen-bond acceptors (Lipinski definition) is 11. The van der Waals surface area contributed by atoms with Gasteiger partial charge in [0.1, 0.15) is 36.2 Å². The highest BCUT2D eigenvalue weighted by molar-refractivity contribution is 7.52. The van der Waals surface area contributed by atoms with Crippen molar-refractivity contribution in [1.29, 1.82) is 0 Å². The molecule has 6 atom stereocenters. The second-order valence-corrected chi connectivity index (χ2v) is 11.6. The topological polar surface area (TPSA) is 173 Å². The Morgan fingerprint density at radius 3 is 2.76 bits per heavy atom. The van der Waals surface area contributed by atoms with Crippen LogP contribution in [-0.4, -0.2) is 73.1 Å². The van der Waals surface area contributed by atoms with Gasteiger partial charge < -0.3 is 24.8 Å². The minimum atomic E-state index is -4.30. The molecule has 13 nitrogen and oxygen atoms in total. The molecule has 0 spiro atoms. The number of nitrogens with one attached hydrogen (secondary N) is 1. The van der Waals surface area contributed by atoms with Gasteiger partial charge in [-0.2, -0.15) is 10.1 Å². The Balaban J connectivity index is 1.61. The van der Waals surface area contributed by atoms with Crippen LogP contribution < -0.4 is 15.3 Å². The van der Waals surface area contributed by atoms with Crippen molar-refractivity contribution >= 4 is 42.4 Å². The Bertz CT molecular complexity index is 1490. The van der Waals surface area contributed by atoms with E-state index in [4.69, 9.17) is 35.9 Å². The lowest BCUT2D eigenvalue weighted by atomic mass is 9.99. The van der Waals surface area contributed by atoms with Gasteiger partial charge in [-0.1, -0.05) is 41.6 Å². The summed E-state index contributed by atoms with van der Waals surface area (Å²) in [5.74, 6) is 4.19. The Hall–Kier alpha value is -3.31. The van der Waals surface area contributed by atoms with Crippen LogP contribution in [0.15, 0.2) is 42.9 Å². The quantitative estimate of drug-likeness (QED) is 0.133. The van der Waals surface area contributed by atoms with E-state index in [0.29, 0.717) is 5.52 Å². The molecular formula is C25H29ClFN6O7P.